The van der Waals surface area contributed by atoms with Gasteiger partial charge in [-0.1, -0.05) is 48.5 Å². The fourth-order valence-electron chi connectivity index (χ4n) is 2.27. The summed E-state index contributed by atoms with van der Waals surface area (Å²) >= 11 is 0. The van der Waals surface area contributed by atoms with Crippen LogP contribution in [0.25, 0.3) is 0 Å². The molecule has 0 aromatic heterocycles. The van der Waals surface area contributed by atoms with Gasteiger partial charge in [-0.25, -0.2) is 4.79 Å². The SMILES string of the molecule is CC(C)(Cc1ccccc1)OC(=O)c1ccccc1C(=O)[O-]. The van der Waals surface area contributed by atoms with Crippen molar-refractivity contribution in [3.05, 3.63) is 71.3 Å². The van der Waals surface area contributed by atoms with Crippen molar-refractivity contribution in [2.24, 2.45) is 0 Å². The Morgan fingerprint density at radius 2 is 1.50 bits per heavy atom. The quantitative estimate of drug-likeness (QED) is 0.794. The van der Waals surface area contributed by atoms with Gasteiger partial charge in [0.05, 0.1) is 11.5 Å². The number of hydrogen-bond acceptors (Lipinski definition) is 4. The smallest absolute Gasteiger partial charge is 0.339 e. The van der Waals surface area contributed by atoms with Crippen LogP contribution in [0.15, 0.2) is 54.6 Å². The van der Waals surface area contributed by atoms with E-state index in [0.29, 0.717) is 6.42 Å². The van der Waals surface area contributed by atoms with E-state index in [4.69, 9.17) is 4.74 Å². The molecule has 2 aromatic rings. The third-order valence-electron chi connectivity index (χ3n) is 3.21. The lowest BCUT2D eigenvalue weighted by Gasteiger charge is -2.26. The van der Waals surface area contributed by atoms with Crippen molar-refractivity contribution in [1.82, 2.24) is 0 Å². The highest BCUT2D eigenvalue weighted by atomic mass is 16.6. The molecule has 114 valence electrons. The van der Waals surface area contributed by atoms with Gasteiger partial charge in [0.1, 0.15) is 5.60 Å². The minimum absolute atomic E-state index is 0.00337. The molecule has 0 unspecified atom stereocenters. The van der Waals surface area contributed by atoms with Crippen LogP contribution in [0.3, 0.4) is 0 Å². The van der Waals surface area contributed by atoms with Crippen LogP contribution < -0.4 is 5.11 Å². The first kappa shape index (κ1) is 15.8. The molecule has 0 aliphatic carbocycles. The third-order valence-corrected chi connectivity index (χ3v) is 3.21. The number of aromatic carboxylic acids is 1. The molecule has 0 spiro atoms. The van der Waals surface area contributed by atoms with E-state index in [1.807, 2.05) is 30.3 Å². The summed E-state index contributed by atoms with van der Waals surface area (Å²) in [4.78, 5) is 23.3. The summed E-state index contributed by atoms with van der Waals surface area (Å²) in [6.45, 7) is 3.58. The number of hydrogen-bond donors (Lipinski definition) is 0. The van der Waals surface area contributed by atoms with Crippen LogP contribution >= 0.6 is 0 Å². The number of ether oxygens (including phenoxy) is 1. The molecular weight excluding hydrogens is 280 g/mol. The van der Waals surface area contributed by atoms with Crippen LogP contribution in [0.5, 0.6) is 0 Å². The van der Waals surface area contributed by atoms with Gasteiger partial charge in [-0.15, -0.1) is 0 Å². The molecule has 0 saturated heterocycles. The Labute approximate surface area is 129 Å². The van der Waals surface area contributed by atoms with E-state index in [0.717, 1.165) is 5.56 Å². The molecule has 0 bridgehead atoms. The Morgan fingerprint density at radius 1 is 0.955 bits per heavy atom. The minimum Gasteiger partial charge on any atom is -0.545 e. The van der Waals surface area contributed by atoms with E-state index in [1.54, 1.807) is 19.9 Å². The molecule has 0 radical (unpaired) electrons. The number of carboxylic acids is 1. The van der Waals surface area contributed by atoms with Gasteiger partial charge in [-0.05, 0) is 25.5 Å². The van der Waals surface area contributed by atoms with Gasteiger partial charge in [0.2, 0.25) is 0 Å². The third kappa shape index (κ3) is 3.95. The Balaban J connectivity index is 2.16. The summed E-state index contributed by atoms with van der Waals surface area (Å²) in [7, 11) is 0. The zero-order valence-electron chi connectivity index (χ0n) is 12.5. The molecule has 0 aliphatic heterocycles. The van der Waals surface area contributed by atoms with Crippen molar-refractivity contribution in [3.63, 3.8) is 0 Å². The van der Waals surface area contributed by atoms with Crippen LogP contribution in [0.1, 0.15) is 40.1 Å². The average molecular weight is 297 g/mol. The summed E-state index contributed by atoms with van der Waals surface area (Å²) in [5, 5.41) is 11.1. The van der Waals surface area contributed by atoms with Crippen molar-refractivity contribution < 1.29 is 19.4 Å². The van der Waals surface area contributed by atoms with Crippen LogP contribution in [-0.2, 0) is 11.2 Å². The maximum absolute atomic E-state index is 12.3. The predicted octanol–water partition coefficient (Wildman–Crippen LogP) is 2.23. The normalized spacial score (nSPS) is 11.0. The first-order valence-electron chi connectivity index (χ1n) is 6.97. The molecule has 4 nitrogen and oxygen atoms in total. The average Bonchev–Trinajstić information content (AvgIpc) is 2.47. The van der Waals surface area contributed by atoms with Gasteiger partial charge in [0, 0.05) is 12.0 Å². The molecule has 0 saturated carbocycles. The number of carbonyl (C=O) groups excluding carboxylic acids is 2. The topological polar surface area (TPSA) is 66.4 Å². The lowest BCUT2D eigenvalue weighted by atomic mass is 9.98. The molecule has 0 fully saturated rings. The summed E-state index contributed by atoms with van der Waals surface area (Å²) in [5.41, 5.74) is 0.123. The van der Waals surface area contributed by atoms with Crippen molar-refractivity contribution in [3.8, 4) is 0 Å². The second kappa shape index (κ2) is 6.43. The lowest BCUT2D eigenvalue weighted by molar-refractivity contribution is -0.255. The molecule has 2 aromatic carbocycles. The molecule has 4 heteroatoms. The van der Waals surface area contributed by atoms with Gasteiger partial charge in [0.25, 0.3) is 0 Å². The van der Waals surface area contributed by atoms with Gasteiger partial charge in [0.15, 0.2) is 0 Å². The molecular formula is C18H17O4-. The monoisotopic (exact) mass is 297 g/mol. The minimum atomic E-state index is -1.39. The lowest BCUT2D eigenvalue weighted by Crippen LogP contribution is -2.32. The summed E-state index contributed by atoms with van der Waals surface area (Å²) < 4.78 is 5.49. The highest BCUT2D eigenvalue weighted by Gasteiger charge is 2.25. The summed E-state index contributed by atoms with van der Waals surface area (Å²) in [5.74, 6) is -2.06. The Morgan fingerprint density at radius 3 is 2.09 bits per heavy atom. The second-order valence-electron chi connectivity index (χ2n) is 5.64. The maximum atomic E-state index is 12.3. The summed E-state index contributed by atoms with van der Waals surface area (Å²) in [6.07, 6.45) is 0.535. The Hall–Kier alpha value is -2.62. The fraction of sp³-hybridized carbons (Fsp3) is 0.222. The van der Waals surface area contributed by atoms with Crippen LogP contribution in [0.4, 0.5) is 0 Å². The van der Waals surface area contributed by atoms with E-state index < -0.39 is 17.5 Å². The summed E-state index contributed by atoms with van der Waals surface area (Å²) in [6, 6.07) is 15.5. The number of carbonyl (C=O) groups is 2. The van der Waals surface area contributed by atoms with Crippen LogP contribution in [0.2, 0.25) is 0 Å². The molecule has 22 heavy (non-hydrogen) atoms. The standard InChI is InChI=1S/C18H18O4/c1-18(2,12-13-8-4-3-5-9-13)22-17(21)15-11-7-6-10-14(15)16(19)20/h3-11H,12H2,1-2H3,(H,19,20)/p-1. The van der Waals surface area contributed by atoms with E-state index in [-0.39, 0.29) is 11.1 Å². The number of esters is 1. The Bertz CT molecular complexity index is 674. The first-order chi connectivity index (χ1) is 10.4. The zero-order chi connectivity index (χ0) is 16.2. The van der Waals surface area contributed by atoms with E-state index >= 15 is 0 Å². The predicted molar refractivity (Wildman–Crippen MR) is 80.4 cm³/mol. The van der Waals surface area contributed by atoms with E-state index in [9.17, 15) is 14.7 Å². The zero-order valence-corrected chi connectivity index (χ0v) is 12.5. The highest BCUT2D eigenvalue weighted by molar-refractivity contribution is 6.01. The van der Waals surface area contributed by atoms with Gasteiger partial charge in [-0.2, -0.15) is 0 Å². The largest absolute Gasteiger partial charge is 0.545 e. The number of carboxylic acid groups (broad SMARTS) is 1. The second-order valence-corrected chi connectivity index (χ2v) is 5.64. The molecule has 2 rings (SSSR count). The fourth-order valence-corrected chi connectivity index (χ4v) is 2.27. The molecule has 0 atom stereocenters. The molecule has 0 heterocycles. The van der Waals surface area contributed by atoms with E-state index in [1.165, 1.54) is 18.2 Å². The molecule has 0 aliphatic rings. The molecule has 0 amide bonds. The number of benzene rings is 2. The van der Waals surface area contributed by atoms with Crippen molar-refractivity contribution in [2.45, 2.75) is 25.9 Å². The van der Waals surface area contributed by atoms with Crippen molar-refractivity contribution in [2.75, 3.05) is 0 Å². The van der Waals surface area contributed by atoms with Crippen LogP contribution in [0, 0.1) is 0 Å². The first-order valence-corrected chi connectivity index (χ1v) is 6.97. The van der Waals surface area contributed by atoms with Crippen molar-refractivity contribution in [1.29, 1.82) is 0 Å². The van der Waals surface area contributed by atoms with Crippen molar-refractivity contribution >= 4 is 11.9 Å². The molecule has 0 N–H and O–H groups in total. The van der Waals surface area contributed by atoms with Gasteiger partial charge >= 0.3 is 5.97 Å². The van der Waals surface area contributed by atoms with Gasteiger partial charge in [-0.3, -0.25) is 0 Å². The highest BCUT2D eigenvalue weighted by Crippen LogP contribution is 2.20. The van der Waals surface area contributed by atoms with Crippen LogP contribution in [-0.4, -0.2) is 17.5 Å². The van der Waals surface area contributed by atoms with Gasteiger partial charge < -0.3 is 14.6 Å². The van der Waals surface area contributed by atoms with E-state index in [2.05, 4.69) is 0 Å². The number of rotatable bonds is 5. The Kier molecular flexibility index (Phi) is 4.61. The maximum Gasteiger partial charge on any atom is 0.339 e.